The van der Waals surface area contributed by atoms with Crippen LogP contribution in [0, 0.1) is 0 Å². The molecule has 0 aromatic carbocycles. The number of rotatable bonds is 8. The van der Waals surface area contributed by atoms with Crippen molar-refractivity contribution in [3.63, 3.8) is 0 Å². The van der Waals surface area contributed by atoms with Gasteiger partial charge in [-0.2, -0.15) is 0 Å². The van der Waals surface area contributed by atoms with Crippen LogP contribution in [0.1, 0.15) is 26.7 Å². The second kappa shape index (κ2) is 6.54. The summed E-state index contributed by atoms with van der Waals surface area (Å²) in [7, 11) is -3.12. The Morgan fingerprint density at radius 1 is 1.31 bits per heavy atom. The summed E-state index contributed by atoms with van der Waals surface area (Å²) in [4.78, 5) is 0. The molecule has 1 saturated carbocycles. The van der Waals surface area contributed by atoms with Gasteiger partial charge in [-0.25, -0.2) is 13.1 Å². The van der Waals surface area contributed by atoms with Gasteiger partial charge < -0.3 is 10.1 Å². The Balaban J connectivity index is 2.17. The molecule has 96 valence electrons. The summed E-state index contributed by atoms with van der Waals surface area (Å²) in [5.74, 6) is 0.149. The van der Waals surface area contributed by atoms with Crippen molar-refractivity contribution in [1.82, 2.24) is 10.0 Å². The van der Waals surface area contributed by atoms with Gasteiger partial charge in [-0.05, 0) is 26.3 Å². The van der Waals surface area contributed by atoms with Crippen molar-refractivity contribution in [3.05, 3.63) is 0 Å². The SMILES string of the molecule is CCNCCS(=O)(=O)NC1CC(OCC)C1. The zero-order chi connectivity index (χ0) is 12.0. The van der Waals surface area contributed by atoms with Gasteiger partial charge in [-0.1, -0.05) is 6.92 Å². The van der Waals surface area contributed by atoms with E-state index < -0.39 is 10.0 Å². The Bertz CT molecular complexity index is 286. The van der Waals surface area contributed by atoms with Gasteiger partial charge in [0.2, 0.25) is 10.0 Å². The van der Waals surface area contributed by atoms with Crippen LogP contribution in [0.2, 0.25) is 0 Å². The van der Waals surface area contributed by atoms with Crippen molar-refractivity contribution >= 4 is 10.0 Å². The van der Waals surface area contributed by atoms with Gasteiger partial charge in [-0.3, -0.25) is 0 Å². The average Bonchev–Trinajstić information content (AvgIpc) is 2.15. The quantitative estimate of drug-likeness (QED) is 0.599. The highest BCUT2D eigenvalue weighted by molar-refractivity contribution is 7.89. The Labute approximate surface area is 98.0 Å². The van der Waals surface area contributed by atoms with Gasteiger partial charge in [0.05, 0.1) is 11.9 Å². The predicted molar refractivity (Wildman–Crippen MR) is 63.9 cm³/mol. The van der Waals surface area contributed by atoms with Crippen LogP contribution in [-0.4, -0.2) is 46.0 Å². The van der Waals surface area contributed by atoms with Crippen molar-refractivity contribution in [2.24, 2.45) is 0 Å². The third-order valence-electron chi connectivity index (χ3n) is 2.64. The number of ether oxygens (including phenoxy) is 1. The molecular formula is C10H22N2O3S. The van der Waals surface area contributed by atoms with E-state index in [-0.39, 0.29) is 17.9 Å². The van der Waals surface area contributed by atoms with Crippen molar-refractivity contribution in [2.75, 3.05) is 25.4 Å². The number of hydrogen-bond donors (Lipinski definition) is 2. The van der Waals surface area contributed by atoms with E-state index >= 15 is 0 Å². The van der Waals surface area contributed by atoms with Gasteiger partial charge >= 0.3 is 0 Å². The summed E-state index contributed by atoms with van der Waals surface area (Å²) in [6, 6.07) is 0.0724. The lowest BCUT2D eigenvalue weighted by Crippen LogP contribution is -2.49. The lowest BCUT2D eigenvalue weighted by molar-refractivity contribution is -0.00475. The van der Waals surface area contributed by atoms with Crippen molar-refractivity contribution in [3.8, 4) is 0 Å². The molecule has 1 aliphatic rings. The van der Waals surface area contributed by atoms with Gasteiger partial charge in [0.1, 0.15) is 0 Å². The smallest absolute Gasteiger partial charge is 0.213 e. The highest BCUT2D eigenvalue weighted by atomic mass is 32.2. The average molecular weight is 250 g/mol. The van der Waals surface area contributed by atoms with E-state index in [2.05, 4.69) is 10.0 Å². The first kappa shape index (κ1) is 13.9. The fourth-order valence-electron chi connectivity index (χ4n) is 1.73. The minimum absolute atomic E-state index is 0.0724. The third-order valence-corrected chi connectivity index (χ3v) is 4.08. The first-order valence-electron chi connectivity index (χ1n) is 5.89. The molecule has 0 amide bonds. The van der Waals surface area contributed by atoms with Gasteiger partial charge in [0.25, 0.3) is 0 Å². The number of sulfonamides is 1. The predicted octanol–water partition coefficient (Wildman–Crippen LogP) is 0.0828. The molecule has 6 heteroatoms. The molecule has 0 unspecified atom stereocenters. The monoisotopic (exact) mass is 250 g/mol. The molecule has 1 fully saturated rings. The molecule has 0 heterocycles. The summed E-state index contributed by atoms with van der Waals surface area (Å²) in [5.41, 5.74) is 0. The third kappa shape index (κ3) is 4.78. The summed E-state index contributed by atoms with van der Waals surface area (Å²) in [6.45, 7) is 5.91. The van der Waals surface area contributed by atoms with E-state index in [1.54, 1.807) is 0 Å². The fraction of sp³-hybridized carbons (Fsp3) is 1.00. The number of hydrogen-bond acceptors (Lipinski definition) is 4. The van der Waals surface area contributed by atoms with Crippen molar-refractivity contribution < 1.29 is 13.2 Å². The second-order valence-corrected chi connectivity index (χ2v) is 5.91. The van der Waals surface area contributed by atoms with Crippen LogP contribution in [0.5, 0.6) is 0 Å². The van der Waals surface area contributed by atoms with E-state index in [9.17, 15) is 8.42 Å². The lowest BCUT2D eigenvalue weighted by Gasteiger charge is -2.35. The summed E-state index contributed by atoms with van der Waals surface area (Å²) in [6.07, 6.45) is 1.84. The number of nitrogens with one attached hydrogen (secondary N) is 2. The Morgan fingerprint density at radius 3 is 2.56 bits per heavy atom. The highest BCUT2D eigenvalue weighted by Gasteiger charge is 2.32. The Kier molecular flexibility index (Phi) is 5.68. The molecule has 0 atom stereocenters. The van der Waals surface area contributed by atoms with Crippen LogP contribution < -0.4 is 10.0 Å². The molecule has 0 aromatic rings. The maximum Gasteiger partial charge on any atom is 0.213 e. The first-order chi connectivity index (χ1) is 7.57. The largest absolute Gasteiger partial charge is 0.378 e. The molecule has 5 nitrogen and oxygen atoms in total. The van der Waals surface area contributed by atoms with Crippen LogP contribution >= 0.6 is 0 Å². The molecule has 0 radical (unpaired) electrons. The maximum absolute atomic E-state index is 11.6. The summed E-state index contributed by atoms with van der Waals surface area (Å²) in [5, 5.41) is 3.00. The lowest BCUT2D eigenvalue weighted by atomic mass is 9.90. The van der Waals surface area contributed by atoms with E-state index in [1.807, 2.05) is 13.8 Å². The van der Waals surface area contributed by atoms with Crippen LogP contribution in [-0.2, 0) is 14.8 Å². The van der Waals surface area contributed by atoms with E-state index in [4.69, 9.17) is 4.74 Å². The Morgan fingerprint density at radius 2 is 2.00 bits per heavy atom. The highest BCUT2D eigenvalue weighted by Crippen LogP contribution is 2.23. The topological polar surface area (TPSA) is 67.4 Å². The molecular weight excluding hydrogens is 228 g/mol. The van der Waals surface area contributed by atoms with E-state index in [0.29, 0.717) is 13.2 Å². The molecule has 0 bridgehead atoms. The molecule has 16 heavy (non-hydrogen) atoms. The van der Waals surface area contributed by atoms with Crippen LogP contribution in [0.25, 0.3) is 0 Å². The van der Waals surface area contributed by atoms with Gasteiger partial charge in [0, 0.05) is 19.2 Å². The zero-order valence-corrected chi connectivity index (χ0v) is 10.8. The fourth-order valence-corrected chi connectivity index (χ4v) is 2.96. The minimum atomic E-state index is -3.12. The molecule has 0 spiro atoms. The normalized spacial score (nSPS) is 25.4. The molecule has 1 aliphatic carbocycles. The van der Waals surface area contributed by atoms with Crippen molar-refractivity contribution in [2.45, 2.75) is 38.8 Å². The minimum Gasteiger partial charge on any atom is -0.378 e. The first-order valence-corrected chi connectivity index (χ1v) is 7.55. The zero-order valence-electron chi connectivity index (χ0n) is 10.0. The molecule has 1 rings (SSSR count). The molecule has 0 aliphatic heterocycles. The summed E-state index contributed by atoms with van der Waals surface area (Å²) >= 11 is 0. The second-order valence-electron chi connectivity index (χ2n) is 4.04. The molecule has 0 saturated heterocycles. The molecule has 2 N–H and O–H groups in total. The van der Waals surface area contributed by atoms with Crippen molar-refractivity contribution in [1.29, 1.82) is 0 Å². The van der Waals surface area contributed by atoms with Crippen LogP contribution in [0.4, 0.5) is 0 Å². The van der Waals surface area contributed by atoms with Gasteiger partial charge in [0.15, 0.2) is 0 Å². The standard InChI is InChI=1S/C10H22N2O3S/c1-3-11-5-6-16(13,14)12-9-7-10(8-9)15-4-2/h9-12H,3-8H2,1-2H3. The Hall–Kier alpha value is -0.170. The van der Waals surface area contributed by atoms with Gasteiger partial charge in [-0.15, -0.1) is 0 Å². The van der Waals surface area contributed by atoms with E-state index in [0.717, 1.165) is 19.4 Å². The van der Waals surface area contributed by atoms with Crippen LogP contribution in [0.3, 0.4) is 0 Å². The molecule has 0 aromatic heterocycles. The van der Waals surface area contributed by atoms with Crippen LogP contribution in [0.15, 0.2) is 0 Å². The van der Waals surface area contributed by atoms with E-state index in [1.165, 1.54) is 0 Å². The summed E-state index contributed by atoms with van der Waals surface area (Å²) < 4.78 is 31.2. The maximum atomic E-state index is 11.6.